The van der Waals surface area contributed by atoms with Crippen molar-refractivity contribution in [2.45, 2.75) is 30.1 Å². The number of hydrazine groups is 1. The normalized spacial score (nSPS) is 19.9. The summed E-state index contributed by atoms with van der Waals surface area (Å²) in [6.07, 6.45) is 0.874. The lowest BCUT2D eigenvalue weighted by Gasteiger charge is -2.10. The highest BCUT2D eigenvalue weighted by atomic mass is 32.2. The van der Waals surface area contributed by atoms with E-state index in [0.29, 0.717) is 13.0 Å². The van der Waals surface area contributed by atoms with E-state index in [4.69, 9.17) is 4.74 Å². The molecule has 1 unspecified atom stereocenters. The zero-order chi connectivity index (χ0) is 13.2. The van der Waals surface area contributed by atoms with Crippen LogP contribution in [0.1, 0.15) is 17.7 Å². The first-order valence-electron chi connectivity index (χ1n) is 5.49. The van der Waals surface area contributed by atoms with Gasteiger partial charge in [0, 0.05) is 11.5 Å². The molecule has 1 amide bonds. The molecular formula is C10H14N2O4S2. The Balaban J connectivity index is 1.95. The Hall–Kier alpha value is -0.960. The van der Waals surface area contributed by atoms with Crippen molar-refractivity contribution in [3.05, 3.63) is 17.0 Å². The van der Waals surface area contributed by atoms with Crippen molar-refractivity contribution in [2.75, 3.05) is 6.61 Å². The molecule has 1 aliphatic heterocycles. The van der Waals surface area contributed by atoms with Gasteiger partial charge >= 0.3 is 0 Å². The summed E-state index contributed by atoms with van der Waals surface area (Å²) in [5.74, 6) is -0.454. The Morgan fingerprint density at radius 3 is 2.83 bits per heavy atom. The molecule has 0 aromatic carbocycles. The average molecular weight is 290 g/mol. The zero-order valence-corrected chi connectivity index (χ0v) is 11.4. The molecule has 1 saturated heterocycles. The number of hydrogen-bond donors (Lipinski definition) is 2. The predicted molar refractivity (Wildman–Crippen MR) is 66.5 cm³/mol. The lowest BCUT2D eigenvalue weighted by molar-refractivity contribution is -0.130. The van der Waals surface area contributed by atoms with Crippen LogP contribution in [0.5, 0.6) is 0 Å². The fourth-order valence-corrected chi connectivity index (χ4v) is 3.72. The van der Waals surface area contributed by atoms with Gasteiger partial charge < -0.3 is 4.74 Å². The molecule has 0 radical (unpaired) electrons. The number of carbonyl (C=O) groups excluding carboxylic acids is 1. The quantitative estimate of drug-likeness (QED) is 0.793. The number of hydrogen-bond acceptors (Lipinski definition) is 5. The Bertz CT molecular complexity index is 532. The first-order valence-corrected chi connectivity index (χ1v) is 7.79. The first kappa shape index (κ1) is 13.5. The molecule has 2 heterocycles. The SMILES string of the molecule is Cc1ccc(S(=O)(=O)NNC(=O)C2CCCO2)s1. The number of carbonyl (C=O) groups is 1. The van der Waals surface area contributed by atoms with E-state index in [1.807, 2.05) is 6.92 Å². The summed E-state index contributed by atoms with van der Waals surface area (Å²) in [5.41, 5.74) is 2.18. The monoisotopic (exact) mass is 290 g/mol. The minimum absolute atomic E-state index is 0.174. The van der Waals surface area contributed by atoms with E-state index in [1.54, 1.807) is 6.07 Å². The highest BCUT2D eigenvalue weighted by Crippen LogP contribution is 2.19. The van der Waals surface area contributed by atoms with Gasteiger partial charge in [-0.3, -0.25) is 10.2 Å². The second kappa shape index (κ2) is 5.35. The van der Waals surface area contributed by atoms with E-state index in [-0.39, 0.29) is 4.21 Å². The van der Waals surface area contributed by atoms with Crippen LogP contribution >= 0.6 is 11.3 Å². The molecule has 1 aliphatic rings. The predicted octanol–water partition coefficient (Wildman–Crippen LogP) is 0.545. The molecular weight excluding hydrogens is 276 g/mol. The molecule has 1 aromatic rings. The smallest absolute Gasteiger partial charge is 0.266 e. The molecule has 0 saturated carbocycles. The van der Waals surface area contributed by atoms with Crippen molar-refractivity contribution in [3.63, 3.8) is 0 Å². The van der Waals surface area contributed by atoms with Gasteiger partial charge in [0.05, 0.1) is 0 Å². The van der Waals surface area contributed by atoms with Crippen molar-refractivity contribution in [1.29, 1.82) is 0 Å². The van der Waals surface area contributed by atoms with Gasteiger partial charge in [-0.05, 0) is 31.9 Å². The molecule has 2 N–H and O–H groups in total. The first-order chi connectivity index (χ1) is 8.49. The molecule has 6 nitrogen and oxygen atoms in total. The topological polar surface area (TPSA) is 84.5 Å². The molecule has 100 valence electrons. The third-order valence-electron chi connectivity index (χ3n) is 2.51. The van der Waals surface area contributed by atoms with Gasteiger partial charge in [0.2, 0.25) is 0 Å². The second-order valence-electron chi connectivity index (χ2n) is 3.96. The van der Waals surface area contributed by atoms with Crippen molar-refractivity contribution in [3.8, 4) is 0 Å². The zero-order valence-electron chi connectivity index (χ0n) is 9.80. The molecule has 1 atom stereocenters. The maximum absolute atomic E-state index is 11.8. The van der Waals surface area contributed by atoms with Crippen molar-refractivity contribution >= 4 is 27.3 Å². The van der Waals surface area contributed by atoms with Gasteiger partial charge in [-0.25, -0.2) is 8.42 Å². The van der Waals surface area contributed by atoms with E-state index in [9.17, 15) is 13.2 Å². The van der Waals surface area contributed by atoms with Crippen LogP contribution in [0.4, 0.5) is 0 Å². The van der Waals surface area contributed by atoms with E-state index < -0.39 is 22.0 Å². The Morgan fingerprint density at radius 2 is 2.28 bits per heavy atom. The molecule has 0 aliphatic carbocycles. The minimum atomic E-state index is -3.68. The fraction of sp³-hybridized carbons (Fsp3) is 0.500. The summed E-state index contributed by atoms with van der Waals surface area (Å²) >= 11 is 1.15. The number of thiophene rings is 1. The molecule has 1 aromatic heterocycles. The summed E-state index contributed by atoms with van der Waals surface area (Å²) in [4.78, 5) is 14.5. The molecule has 0 bridgehead atoms. The van der Waals surface area contributed by atoms with E-state index >= 15 is 0 Å². The summed E-state index contributed by atoms with van der Waals surface area (Å²) < 4.78 is 28.9. The lowest BCUT2D eigenvalue weighted by atomic mass is 10.2. The van der Waals surface area contributed by atoms with Crippen LogP contribution in [0.25, 0.3) is 0 Å². The standard InChI is InChI=1S/C10H14N2O4S2/c1-7-4-5-9(17-7)18(14,15)12-11-10(13)8-3-2-6-16-8/h4-5,8,12H,2-3,6H2,1H3,(H,11,13). The summed E-state index contributed by atoms with van der Waals surface area (Å²) in [6.45, 7) is 2.35. The van der Waals surface area contributed by atoms with E-state index in [1.165, 1.54) is 6.07 Å². The number of aryl methyl sites for hydroxylation is 1. The number of amides is 1. The third-order valence-corrected chi connectivity index (χ3v) is 5.25. The Labute approximate surface area is 109 Å². The highest BCUT2D eigenvalue weighted by molar-refractivity contribution is 7.91. The number of rotatable bonds is 4. The van der Waals surface area contributed by atoms with Crippen molar-refractivity contribution < 1.29 is 17.9 Å². The fourth-order valence-electron chi connectivity index (χ4n) is 1.59. The maximum atomic E-state index is 11.8. The maximum Gasteiger partial charge on any atom is 0.266 e. The van der Waals surface area contributed by atoms with Crippen LogP contribution in [-0.4, -0.2) is 27.0 Å². The van der Waals surface area contributed by atoms with Crippen molar-refractivity contribution in [1.82, 2.24) is 10.3 Å². The van der Waals surface area contributed by atoms with Gasteiger partial charge in [0.1, 0.15) is 10.3 Å². The van der Waals surface area contributed by atoms with Gasteiger partial charge in [-0.15, -0.1) is 16.2 Å². The third kappa shape index (κ3) is 3.08. The van der Waals surface area contributed by atoms with E-state index in [0.717, 1.165) is 22.6 Å². The van der Waals surface area contributed by atoms with Crippen molar-refractivity contribution in [2.24, 2.45) is 0 Å². The largest absolute Gasteiger partial charge is 0.368 e. The van der Waals surface area contributed by atoms with E-state index in [2.05, 4.69) is 10.3 Å². The second-order valence-corrected chi connectivity index (χ2v) is 7.16. The Morgan fingerprint density at radius 1 is 1.50 bits per heavy atom. The minimum Gasteiger partial charge on any atom is -0.368 e. The summed E-state index contributed by atoms with van der Waals surface area (Å²) in [5, 5.41) is 0. The van der Waals surface area contributed by atoms with Gasteiger partial charge in [-0.2, -0.15) is 0 Å². The molecule has 8 heteroatoms. The molecule has 18 heavy (non-hydrogen) atoms. The van der Waals surface area contributed by atoms with Gasteiger partial charge in [-0.1, -0.05) is 0 Å². The number of sulfonamides is 1. The van der Waals surface area contributed by atoms with Crippen LogP contribution < -0.4 is 10.3 Å². The average Bonchev–Trinajstić information content (AvgIpc) is 2.96. The van der Waals surface area contributed by atoms with Gasteiger partial charge in [0.25, 0.3) is 15.9 Å². The number of ether oxygens (including phenoxy) is 1. The van der Waals surface area contributed by atoms with Crippen LogP contribution in [0.3, 0.4) is 0 Å². The lowest BCUT2D eigenvalue weighted by Crippen LogP contribution is -2.45. The summed E-state index contributed by atoms with van der Waals surface area (Å²) in [7, 11) is -3.68. The van der Waals surface area contributed by atoms with Crippen LogP contribution in [0.2, 0.25) is 0 Å². The summed E-state index contributed by atoms with van der Waals surface area (Å²) in [6, 6.07) is 3.21. The number of nitrogens with one attached hydrogen (secondary N) is 2. The van der Waals surface area contributed by atoms with Crippen LogP contribution in [0.15, 0.2) is 16.3 Å². The molecule has 2 rings (SSSR count). The van der Waals surface area contributed by atoms with Gasteiger partial charge in [0.15, 0.2) is 0 Å². The van der Waals surface area contributed by atoms with Crippen LogP contribution in [0, 0.1) is 6.92 Å². The Kier molecular flexibility index (Phi) is 4.00. The molecule has 1 fully saturated rings. The molecule has 0 spiro atoms. The van der Waals surface area contributed by atoms with Crippen LogP contribution in [-0.2, 0) is 19.6 Å². The highest BCUT2D eigenvalue weighted by Gasteiger charge is 2.25.